The molecule has 0 N–H and O–H groups in total. The van der Waals surface area contributed by atoms with Crippen molar-refractivity contribution in [2.45, 2.75) is 25.2 Å². The number of rotatable bonds is 3. The van der Waals surface area contributed by atoms with Gasteiger partial charge >= 0.3 is 0 Å². The SMILES string of the molecule is N#CCc1ccccc1CC(=O)N1CC2(C1)CC2(F)F. The van der Waals surface area contributed by atoms with Crippen LogP contribution >= 0.6 is 0 Å². The van der Waals surface area contributed by atoms with Gasteiger partial charge in [-0.2, -0.15) is 5.26 Å². The van der Waals surface area contributed by atoms with Gasteiger partial charge in [-0.3, -0.25) is 4.79 Å². The fourth-order valence-corrected chi connectivity index (χ4v) is 2.85. The van der Waals surface area contributed by atoms with Gasteiger partial charge in [-0.15, -0.1) is 0 Å². The van der Waals surface area contributed by atoms with Gasteiger partial charge in [0.25, 0.3) is 5.92 Å². The second-order valence-corrected chi connectivity index (χ2v) is 5.69. The number of carbonyl (C=O) groups is 1. The van der Waals surface area contributed by atoms with E-state index in [4.69, 9.17) is 5.26 Å². The van der Waals surface area contributed by atoms with Gasteiger partial charge in [-0.1, -0.05) is 24.3 Å². The van der Waals surface area contributed by atoms with Crippen molar-refractivity contribution in [3.05, 3.63) is 35.4 Å². The molecule has 0 radical (unpaired) electrons. The Bertz CT molecular complexity index is 600. The minimum Gasteiger partial charge on any atom is -0.341 e. The molecule has 0 unspecified atom stereocenters. The predicted molar refractivity (Wildman–Crippen MR) is 68.0 cm³/mol. The van der Waals surface area contributed by atoms with Gasteiger partial charge < -0.3 is 4.90 Å². The van der Waals surface area contributed by atoms with Crippen molar-refractivity contribution in [3.8, 4) is 6.07 Å². The first-order valence-electron chi connectivity index (χ1n) is 6.57. The van der Waals surface area contributed by atoms with Gasteiger partial charge in [-0.25, -0.2) is 8.78 Å². The molecule has 1 heterocycles. The number of hydrogen-bond acceptors (Lipinski definition) is 2. The molecule has 5 heteroatoms. The Kier molecular flexibility index (Phi) is 2.79. The molecule has 2 fully saturated rings. The van der Waals surface area contributed by atoms with Gasteiger partial charge in [0, 0.05) is 19.5 Å². The molecule has 3 rings (SSSR count). The lowest BCUT2D eigenvalue weighted by molar-refractivity contribution is -0.141. The summed E-state index contributed by atoms with van der Waals surface area (Å²) in [6.07, 6.45) is 0.347. The highest BCUT2D eigenvalue weighted by atomic mass is 19.3. The molecule has 0 atom stereocenters. The van der Waals surface area contributed by atoms with E-state index in [9.17, 15) is 13.6 Å². The van der Waals surface area contributed by atoms with E-state index in [2.05, 4.69) is 6.07 Å². The monoisotopic (exact) mass is 276 g/mol. The number of likely N-dealkylation sites (tertiary alicyclic amines) is 1. The first-order chi connectivity index (χ1) is 9.47. The third kappa shape index (κ3) is 1.96. The summed E-state index contributed by atoms with van der Waals surface area (Å²) in [7, 11) is 0. The van der Waals surface area contributed by atoms with Crippen LogP contribution < -0.4 is 0 Å². The Balaban J connectivity index is 1.62. The van der Waals surface area contributed by atoms with E-state index in [1.54, 1.807) is 0 Å². The van der Waals surface area contributed by atoms with E-state index >= 15 is 0 Å². The summed E-state index contributed by atoms with van der Waals surface area (Å²) in [5.41, 5.74) is 0.715. The maximum absolute atomic E-state index is 13.1. The van der Waals surface area contributed by atoms with Gasteiger partial charge in [0.1, 0.15) is 0 Å². The fourth-order valence-electron chi connectivity index (χ4n) is 2.85. The van der Waals surface area contributed by atoms with E-state index in [-0.39, 0.29) is 38.3 Å². The van der Waals surface area contributed by atoms with Crippen LogP contribution in [-0.4, -0.2) is 29.8 Å². The molecular weight excluding hydrogens is 262 g/mol. The number of benzene rings is 1. The number of halogens is 2. The van der Waals surface area contributed by atoms with Crippen LogP contribution in [0.25, 0.3) is 0 Å². The molecule has 0 aromatic heterocycles. The Morgan fingerprint density at radius 3 is 2.45 bits per heavy atom. The van der Waals surface area contributed by atoms with E-state index in [0.29, 0.717) is 0 Å². The third-order valence-corrected chi connectivity index (χ3v) is 4.28. The number of carbonyl (C=O) groups excluding carboxylic acids is 1. The van der Waals surface area contributed by atoms with Crippen molar-refractivity contribution >= 4 is 5.91 Å². The zero-order chi connectivity index (χ0) is 14.4. The summed E-state index contributed by atoms with van der Waals surface area (Å²) in [6.45, 7) is 0.332. The first-order valence-corrected chi connectivity index (χ1v) is 6.57. The highest BCUT2D eigenvalue weighted by molar-refractivity contribution is 5.80. The van der Waals surface area contributed by atoms with Crippen LogP contribution in [0.15, 0.2) is 24.3 Å². The molecule has 1 spiro atoms. The predicted octanol–water partition coefficient (Wildman–Crippen LogP) is 2.16. The standard InChI is InChI=1S/C15H14F2N2O/c16-15(17)8-14(15)9-19(10-14)13(20)7-12-4-2-1-3-11(12)5-6-18/h1-4H,5,7-10H2. The minimum absolute atomic E-state index is 0.0885. The highest BCUT2D eigenvalue weighted by Crippen LogP contribution is 2.65. The second-order valence-electron chi connectivity index (χ2n) is 5.69. The lowest BCUT2D eigenvalue weighted by atomic mass is 9.94. The lowest BCUT2D eigenvalue weighted by Gasteiger charge is -2.40. The summed E-state index contributed by atoms with van der Waals surface area (Å²) < 4.78 is 26.2. The Morgan fingerprint density at radius 2 is 1.90 bits per heavy atom. The van der Waals surface area contributed by atoms with Gasteiger partial charge in [0.15, 0.2) is 0 Å². The van der Waals surface area contributed by atoms with Crippen molar-refractivity contribution in [3.63, 3.8) is 0 Å². The number of nitrogens with zero attached hydrogens (tertiary/aromatic N) is 2. The lowest BCUT2D eigenvalue weighted by Crippen LogP contribution is -2.54. The van der Waals surface area contributed by atoms with Gasteiger partial charge in [0.2, 0.25) is 5.91 Å². The smallest absolute Gasteiger partial charge is 0.258 e. The molecule has 1 aliphatic heterocycles. The average molecular weight is 276 g/mol. The molecule has 1 aromatic carbocycles. The summed E-state index contributed by atoms with van der Waals surface area (Å²) >= 11 is 0. The number of amides is 1. The van der Waals surface area contributed by atoms with Crippen molar-refractivity contribution in [1.82, 2.24) is 4.90 Å². The van der Waals surface area contributed by atoms with E-state index in [1.807, 2.05) is 24.3 Å². The molecule has 1 saturated carbocycles. The Labute approximate surface area is 115 Å². The molecule has 20 heavy (non-hydrogen) atoms. The summed E-state index contributed by atoms with van der Waals surface area (Å²) in [5.74, 6) is -2.72. The summed E-state index contributed by atoms with van der Waals surface area (Å²) in [6, 6.07) is 9.33. The molecule has 1 saturated heterocycles. The summed E-state index contributed by atoms with van der Waals surface area (Å²) in [5, 5.41) is 8.75. The van der Waals surface area contributed by atoms with Crippen LogP contribution in [-0.2, 0) is 17.6 Å². The largest absolute Gasteiger partial charge is 0.341 e. The summed E-state index contributed by atoms with van der Waals surface area (Å²) in [4.78, 5) is 13.6. The molecule has 3 nitrogen and oxygen atoms in total. The zero-order valence-corrected chi connectivity index (χ0v) is 10.9. The van der Waals surface area contributed by atoms with E-state index in [1.165, 1.54) is 4.90 Å². The molecule has 1 aliphatic carbocycles. The van der Waals surface area contributed by atoms with Gasteiger partial charge in [-0.05, 0) is 11.1 Å². The van der Waals surface area contributed by atoms with Gasteiger partial charge in [0.05, 0.1) is 24.3 Å². The van der Waals surface area contributed by atoms with Crippen LogP contribution in [0.5, 0.6) is 0 Å². The van der Waals surface area contributed by atoms with Crippen LogP contribution in [0.4, 0.5) is 8.78 Å². The van der Waals surface area contributed by atoms with Crippen LogP contribution in [0, 0.1) is 16.7 Å². The topological polar surface area (TPSA) is 44.1 Å². The maximum atomic E-state index is 13.1. The second kappa shape index (κ2) is 4.27. The van der Waals surface area contributed by atoms with Crippen LogP contribution in [0.2, 0.25) is 0 Å². The van der Waals surface area contributed by atoms with Crippen molar-refractivity contribution in [1.29, 1.82) is 5.26 Å². The Morgan fingerprint density at radius 1 is 1.30 bits per heavy atom. The van der Waals surface area contributed by atoms with Crippen LogP contribution in [0.1, 0.15) is 17.5 Å². The quantitative estimate of drug-likeness (QED) is 0.849. The maximum Gasteiger partial charge on any atom is 0.258 e. The number of nitriles is 1. The first kappa shape index (κ1) is 13.0. The molecular formula is C15H14F2N2O. The van der Waals surface area contributed by atoms with Crippen LogP contribution in [0.3, 0.4) is 0 Å². The minimum atomic E-state index is -2.58. The molecule has 0 bridgehead atoms. The number of hydrogen-bond donors (Lipinski definition) is 0. The fraction of sp³-hybridized carbons (Fsp3) is 0.467. The average Bonchev–Trinajstić information content (AvgIpc) is 2.93. The number of alkyl halides is 2. The molecule has 1 aromatic rings. The van der Waals surface area contributed by atoms with E-state index in [0.717, 1.165) is 11.1 Å². The molecule has 2 aliphatic rings. The zero-order valence-electron chi connectivity index (χ0n) is 10.9. The van der Waals surface area contributed by atoms with Crippen molar-refractivity contribution in [2.24, 2.45) is 5.41 Å². The Hall–Kier alpha value is -1.96. The highest BCUT2D eigenvalue weighted by Gasteiger charge is 2.76. The normalized spacial score (nSPS) is 21.1. The van der Waals surface area contributed by atoms with E-state index < -0.39 is 11.3 Å². The third-order valence-electron chi connectivity index (χ3n) is 4.28. The van der Waals surface area contributed by atoms with Crippen molar-refractivity contribution in [2.75, 3.05) is 13.1 Å². The molecule has 104 valence electrons. The van der Waals surface area contributed by atoms with Crippen molar-refractivity contribution < 1.29 is 13.6 Å². The molecule has 1 amide bonds.